The van der Waals surface area contributed by atoms with Crippen LogP contribution in [0.1, 0.15) is 5.56 Å². The summed E-state index contributed by atoms with van der Waals surface area (Å²) in [5, 5.41) is 11.9. The van der Waals surface area contributed by atoms with Crippen LogP contribution in [0.2, 0.25) is 0 Å². The lowest BCUT2D eigenvalue weighted by Gasteiger charge is -2.18. The number of nitrogens with one attached hydrogen (secondary N) is 1. The molecule has 0 spiro atoms. The third-order valence-electron chi connectivity index (χ3n) is 9.47. The summed E-state index contributed by atoms with van der Waals surface area (Å²) >= 11 is 0. The van der Waals surface area contributed by atoms with E-state index in [-0.39, 0.29) is 0 Å². The van der Waals surface area contributed by atoms with Crippen molar-refractivity contribution in [2.45, 2.75) is 6.92 Å². The highest BCUT2D eigenvalue weighted by atomic mass is 15.1. The van der Waals surface area contributed by atoms with Crippen molar-refractivity contribution in [1.82, 2.24) is 9.97 Å². The molecule has 0 saturated heterocycles. The lowest BCUT2D eigenvalue weighted by molar-refractivity contribution is 1.21. The number of hydrogen-bond acceptors (Lipinski definition) is 3. The minimum Gasteiger partial charge on any atom is -0.324 e. The van der Waals surface area contributed by atoms with Gasteiger partial charge >= 0.3 is 0 Å². The Morgan fingerprint density at radius 2 is 1.04 bits per heavy atom. The van der Waals surface area contributed by atoms with Gasteiger partial charge < -0.3 is 5.32 Å². The van der Waals surface area contributed by atoms with Gasteiger partial charge in [-0.05, 0) is 96.4 Å². The highest BCUT2D eigenvalue weighted by molar-refractivity contribution is 6.21. The van der Waals surface area contributed by atoms with E-state index in [1.54, 1.807) is 0 Å². The SMILES string of the molecule is Cc1ccccc1Nc1ncc2c(-c3ccc(-c4c5ccccc5c(-c5ccc6ccccc6c5)c5ccccc45)cc3)cccc2n1. The van der Waals surface area contributed by atoms with Crippen LogP contribution in [0.15, 0.2) is 164 Å². The number of para-hydroxylation sites is 1. The van der Waals surface area contributed by atoms with Crippen LogP contribution in [0.5, 0.6) is 0 Å². The van der Waals surface area contributed by atoms with Crippen LogP contribution in [0.25, 0.3) is 76.6 Å². The third-order valence-corrected chi connectivity index (χ3v) is 9.47. The van der Waals surface area contributed by atoms with E-state index in [0.29, 0.717) is 5.95 Å². The van der Waals surface area contributed by atoms with Crippen LogP contribution in [0.4, 0.5) is 11.6 Å². The molecular formula is C45H31N3. The monoisotopic (exact) mass is 613 g/mol. The zero-order chi connectivity index (χ0) is 32.0. The van der Waals surface area contributed by atoms with Crippen molar-refractivity contribution in [2.24, 2.45) is 0 Å². The summed E-state index contributed by atoms with van der Waals surface area (Å²) in [5.74, 6) is 0.593. The molecule has 0 bridgehead atoms. The number of aryl methyl sites for hydroxylation is 1. The maximum Gasteiger partial charge on any atom is 0.227 e. The summed E-state index contributed by atoms with van der Waals surface area (Å²) in [6, 6.07) is 56.5. The van der Waals surface area contributed by atoms with Gasteiger partial charge in [0.1, 0.15) is 0 Å². The molecular weight excluding hydrogens is 583 g/mol. The maximum absolute atomic E-state index is 4.86. The molecule has 0 saturated carbocycles. The van der Waals surface area contributed by atoms with Crippen LogP contribution >= 0.6 is 0 Å². The average Bonchev–Trinajstić information content (AvgIpc) is 3.14. The first-order chi connectivity index (χ1) is 23.7. The summed E-state index contributed by atoms with van der Waals surface area (Å²) < 4.78 is 0. The van der Waals surface area contributed by atoms with Gasteiger partial charge in [-0.15, -0.1) is 0 Å². The Morgan fingerprint density at radius 1 is 0.458 bits per heavy atom. The predicted molar refractivity (Wildman–Crippen MR) is 203 cm³/mol. The van der Waals surface area contributed by atoms with E-state index < -0.39 is 0 Å². The van der Waals surface area contributed by atoms with E-state index in [0.717, 1.165) is 33.3 Å². The van der Waals surface area contributed by atoms with Crippen LogP contribution in [-0.2, 0) is 0 Å². The first kappa shape index (κ1) is 27.9. The molecule has 0 radical (unpaired) electrons. The molecule has 0 atom stereocenters. The Labute approximate surface area is 279 Å². The fraction of sp³-hybridized carbons (Fsp3) is 0.0222. The number of hydrogen-bond donors (Lipinski definition) is 1. The van der Waals surface area contributed by atoms with Crippen molar-refractivity contribution in [3.63, 3.8) is 0 Å². The fourth-order valence-corrected chi connectivity index (χ4v) is 7.11. The van der Waals surface area contributed by atoms with Gasteiger partial charge in [0.2, 0.25) is 5.95 Å². The molecule has 48 heavy (non-hydrogen) atoms. The first-order valence-corrected chi connectivity index (χ1v) is 16.3. The number of anilines is 2. The summed E-state index contributed by atoms with van der Waals surface area (Å²) in [6.45, 7) is 2.08. The fourth-order valence-electron chi connectivity index (χ4n) is 7.11. The number of benzene rings is 8. The van der Waals surface area contributed by atoms with E-state index in [9.17, 15) is 0 Å². The summed E-state index contributed by atoms with van der Waals surface area (Å²) in [5.41, 5.74) is 10.3. The average molecular weight is 614 g/mol. The molecule has 1 aromatic heterocycles. The molecule has 0 aliphatic heterocycles. The number of rotatable bonds is 5. The molecule has 226 valence electrons. The van der Waals surface area contributed by atoms with E-state index in [4.69, 9.17) is 9.97 Å². The van der Waals surface area contributed by atoms with Gasteiger partial charge in [-0.25, -0.2) is 9.97 Å². The number of fused-ring (bicyclic) bond motifs is 4. The molecule has 0 aliphatic rings. The van der Waals surface area contributed by atoms with Crippen molar-refractivity contribution in [3.05, 3.63) is 169 Å². The minimum absolute atomic E-state index is 0.593. The molecule has 0 fully saturated rings. The predicted octanol–water partition coefficient (Wildman–Crippen LogP) is 12.1. The molecule has 0 aliphatic carbocycles. The van der Waals surface area contributed by atoms with Gasteiger partial charge in [-0.3, -0.25) is 0 Å². The Bertz CT molecular complexity index is 2600. The van der Waals surface area contributed by atoms with Crippen LogP contribution < -0.4 is 5.32 Å². The second-order valence-electron chi connectivity index (χ2n) is 12.4. The Kier molecular flexibility index (Phi) is 6.69. The van der Waals surface area contributed by atoms with Crippen molar-refractivity contribution in [3.8, 4) is 33.4 Å². The second kappa shape index (κ2) is 11.5. The number of nitrogens with zero attached hydrogens (tertiary/aromatic N) is 2. The largest absolute Gasteiger partial charge is 0.324 e. The molecule has 3 nitrogen and oxygen atoms in total. The van der Waals surface area contributed by atoms with Gasteiger partial charge in [0.15, 0.2) is 0 Å². The zero-order valence-corrected chi connectivity index (χ0v) is 26.5. The van der Waals surface area contributed by atoms with Gasteiger partial charge in [0, 0.05) is 17.3 Å². The molecule has 3 heteroatoms. The van der Waals surface area contributed by atoms with Crippen LogP contribution in [-0.4, -0.2) is 9.97 Å². The van der Waals surface area contributed by atoms with E-state index >= 15 is 0 Å². The zero-order valence-electron chi connectivity index (χ0n) is 26.5. The topological polar surface area (TPSA) is 37.8 Å². The molecule has 9 aromatic rings. The van der Waals surface area contributed by atoms with Crippen molar-refractivity contribution in [2.75, 3.05) is 5.32 Å². The third kappa shape index (κ3) is 4.76. The van der Waals surface area contributed by atoms with Crippen molar-refractivity contribution in [1.29, 1.82) is 0 Å². The van der Waals surface area contributed by atoms with Crippen LogP contribution in [0.3, 0.4) is 0 Å². The molecule has 1 heterocycles. The molecule has 9 rings (SSSR count). The Balaban J connectivity index is 1.15. The van der Waals surface area contributed by atoms with E-state index in [1.807, 2.05) is 30.5 Å². The molecule has 8 aromatic carbocycles. The summed E-state index contributed by atoms with van der Waals surface area (Å²) in [7, 11) is 0. The lowest BCUT2D eigenvalue weighted by atomic mass is 9.85. The first-order valence-electron chi connectivity index (χ1n) is 16.3. The normalized spacial score (nSPS) is 11.4. The lowest BCUT2D eigenvalue weighted by Crippen LogP contribution is -1.99. The number of aromatic nitrogens is 2. The molecule has 0 amide bonds. The Hall–Kier alpha value is -6.32. The van der Waals surface area contributed by atoms with Gasteiger partial charge in [0.05, 0.1) is 5.52 Å². The van der Waals surface area contributed by atoms with Crippen LogP contribution in [0, 0.1) is 6.92 Å². The maximum atomic E-state index is 4.86. The van der Waals surface area contributed by atoms with E-state index in [2.05, 4.69) is 146 Å². The second-order valence-corrected chi connectivity index (χ2v) is 12.4. The van der Waals surface area contributed by atoms with Gasteiger partial charge in [-0.2, -0.15) is 0 Å². The highest BCUT2D eigenvalue weighted by Gasteiger charge is 2.17. The summed E-state index contributed by atoms with van der Waals surface area (Å²) in [4.78, 5) is 9.55. The molecule has 0 unspecified atom stereocenters. The highest BCUT2D eigenvalue weighted by Crippen LogP contribution is 2.44. The van der Waals surface area contributed by atoms with Crippen molar-refractivity contribution < 1.29 is 0 Å². The smallest absolute Gasteiger partial charge is 0.227 e. The minimum atomic E-state index is 0.593. The molecule has 1 N–H and O–H groups in total. The summed E-state index contributed by atoms with van der Waals surface area (Å²) in [6.07, 6.45) is 1.93. The van der Waals surface area contributed by atoms with Gasteiger partial charge in [0.25, 0.3) is 0 Å². The van der Waals surface area contributed by atoms with E-state index in [1.165, 1.54) is 54.6 Å². The quantitative estimate of drug-likeness (QED) is 0.196. The Morgan fingerprint density at radius 3 is 1.75 bits per heavy atom. The van der Waals surface area contributed by atoms with Gasteiger partial charge in [-0.1, -0.05) is 140 Å². The standard InChI is InChI=1S/C45H31N3/c1-29-11-2-9-19-41(29)47-45-46-28-40-35(18-10-20-42(40)48-45)31-22-24-32(25-23-31)43-36-14-5-7-16-38(36)44(39-17-8-6-15-37(39)43)34-26-21-30-12-3-4-13-33(30)27-34/h2-28H,1H3,(H,46,47,48). The van der Waals surface area contributed by atoms with Crippen molar-refractivity contribution >= 4 is 54.9 Å².